The van der Waals surface area contributed by atoms with Crippen LogP contribution in [0.3, 0.4) is 0 Å². The van der Waals surface area contributed by atoms with Crippen LogP contribution >= 0.6 is 11.6 Å². The standard InChI is InChI=1S/C28H29ClFN5O4/c1-5-19(7-6-17(2)29)8-9-31-26(37)22-11-20-10-21(23-13-32-18(3)39-23)12-33-25(20)35(27(22)38)14-24(36)34-15-28(4,30)16-34/h5-7,10-13H,1,8-9,14-16H2,2-4H3,(H,31,37). The highest BCUT2D eigenvalue weighted by Gasteiger charge is 2.41. The molecule has 1 N–H and O–H groups in total. The number of nitrogens with zero attached hydrogens (tertiary/aromatic N) is 4. The molecule has 9 nitrogen and oxygen atoms in total. The molecule has 0 aromatic carbocycles. The van der Waals surface area contributed by atoms with Crippen LogP contribution < -0.4 is 10.9 Å². The van der Waals surface area contributed by atoms with Crippen molar-refractivity contribution in [2.75, 3.05) is 19.6 Å². The van der Waals surface area contributed by atoms with Crippen molar-refractivity contribution in [3.05, 3.63) is 81.7 Å². The van der Waals surface area contributed by atoms with E-state index in [1.807, 2.05) is 0 Å². The Morgan fingerprint density at radius 1 is 1.26 bits per heavy atom. The van der Waals surface area contributed by atoms with Crippen LogP contribution in [0.2, 0.25) is 0 Å². The van der Waals surface area contributed by atoms with Gasteiger partial charge in [-0.3, -0.25) is 19.0 Å². The van der Waals surface area contributed by atoms with Gasteiger partial charge >= 0.3 is 0 Å². The van der Waals surface area contributed by atoms with Gasteiger partial charge in [-0.2, -0.15) is 0 Å². The van der Waals surface area contributed by atoms with Gasteiger partial charge in [0.05, 0.1) is 19.3 Å². The molecule has 1 aliphatic heterocycles. The Kier molecular flexibility index (Phi) is 8.15. The number of aromatic nitrogens is 3. The van der Waals surface area contributed by atoms with Crippen molar-refractivity contribution in [2.24, 2.45) is 0 Å². The van der Waals surface area contributed by atoms with Gasteiger partial charge in [0.1, 0.15) is 23.4 Å². The minimum Gasteiger partial charge on any atom is -0.441 e. The van der Waals surface area contributed by atoms with Crippen molar-refractivity contribution in [2.45, 2.75) is 39.4 Å². The molecule has 4 heterocycles. The fourth-order valence-electron chi connectivity index (χ4n) is 4.26. The van der Waals surface area contributed by atoms with Gasteiger partial charge < -0.3 is 14.6 Å². The average molecular weight is 554 g/mol. The Morgan fingerprint density at radius 2 is 2.00 bits per heavy atom. The molecule has 0 atom stereocenters. The van der Waals surface area contributed by atoms with Gasteiger partial charge in [0.15, 0.2) is 11.7 Å². The summed E-state index contributed by atoms with van der Waals surface area (Å²) in [4.78, 5) is 49.3. The number of allylic oxidation sites excluding steroid dienone is 4. The molecule has 1 aliphatic rings. The minimum atomic E-state index is -1.45. The smallest absolute Gasteiger partial charge is 0.265 e. The molecule has 4 rings (SSSR count). The summed E-state index contributed by atoms with van der Waals surface area (Å²) in [6.45, 7) is 8.38. The molecule has 3 aromatic heterocycles. The number of carbonyl (C=O) groups is 2. The van der Waals surface area contributed by atoms with E-state index in [-0.39, 0.29) is 37.4 Å². The topological polar surface area (TPSA) is 110 Å². The van der Waals surface area contributed by atoms with E-state index in [0.717, 1.165) is 10.1 Å². The predicted octanol–water partition coefficient (Wildman–Crippen LogP) is 4.31. The molecule has 3 aromatic rings. The lowest BCUT2D eigenvalue weighted by Crippen LogP contribution is -2.60. The number of alkyl halides is 1. The largest absolute Gasteiger partial charge is 0.441 e. The molecule has 39 heavy (non-hydrogen) atoms. The number of hydrogen-bond acceptors (Lipinski definition) is 6. The molecule has 0 saturated carbocycles. The second-order valence-corrected chi connectivity index (χ2v) is 10.3. The zero-order valence-electron chi connectivity index (χ0n) is 22.0. The Hall–Kier alpha value is -4.05. The number of nitrogens with one attached hydrogen (secondary N) is 1. The number of likely N-dealkylation sites (tertiary alicyclic amines) is 1. The Balaban J connectivity index is 1.66. The summed E-state index contributed by atoms with van der Waals surface area (Å²) < 4.78 is 20.7. The van der Waals surface area contributed by atoms with Crippen LogP contribution in [0.15, 0.2) is 69.2 Å². The van der Waals surface area contributed by atoms with E-state index < -0.39 is 23.0 Å². The van der Waals surface area contributed by atoms with Crippen LogP contribution in [-0.4, -0.2) is 56.6 Å². The normalized spacial score (nSPS) is 15.3. The zero-order chi connectivity index (χ0) is 28.3. The average Bonchev–Trinajstić information content (AvgIpc) is 3.31. The highest BCUT2D eigenvalue weighted by molar-refractivity contribution is 6.29. The summed E-state index contributed by atoms with van der Waals surface area (Å²) in [6.07, 6.45) is 8.70. The van der Waals surface area contributed by atoms with Crippen molar-refractivity contribution in [1.82, 2.24) is 24.8 Å². The van der Waals surface area contributed by atoms with Gasteiger partial charge in [0.2, 0.25) is 5.91 Å². The van der Waals surface area contributed by atoms with Gasteiger partial charge in [-0.05, 0) is 44.1 Å². The van der Waals surface area contributed by atoms with E-state index in [2.05, 4.69) is 21.9 Å². The summed E-state index contributed by atoms with van der Waals surface area (Å²) in [5.41, 5.74) is -0.624. The Labute approximate surface area is 229 Å². The van der Waals surface area contributed by atoms with Crippen LogP contribution in [0, 0.1) is 6.92 Å². The molecule has 0 aliphatic carbocycles. The third kappa shape index (κ3) is 6.51. The maximum Gasteiger partial charge on any atom is 0.265 e. The second-order valence-electron chi connectivity index (χ2n) is 9.70. The third-order valence-corrected chi connectivity index (χ3v) is 6.38. The number of hydrogen-bond donors (Lipinski definition) is 1. The number of pyridine rings is 2. The molecule has 0 unspecified atom stereocenters. The second kappa shape index (κ2) is 11.4. The molecule has 1 fully saturated rings. The maximum absolute atomic E-state index is 14.0. The third-order valence-electron chi connectivity index (χ3n) is 6.25. The maximum atomic E-state index is 14.0. The summed E-state index contributed by atoms with van der Waals surface area (Å²) in [6, 6.07) is 3.15. The lowest BCUT2D eigenvalue weighted by molar-refractivity contribution is -0.144. The molecule has 0 spiro atoms. The van der Waals surface area contributed by atoms with E-state index in [1.165, 1.54) is 24.1 Å². The first kappa shape index (κ1) is 28.0. The van der Waals surface area contributed by atoms with Crippen molar-refractivity contribution < 1.29 is 18.4 Å². The number of carbonyl (C=O) groups excluding carboxylic acids is 2. The van der Waals surface area contributed by atoms with Gasteiger partial charge in [-0.15, -0.1) is 0 Å². The molecular weight excluding hydrogens is 525 g/mol. The first-order valence-corrected chi connectivity index (χ1v) is 12.7. The first-order chi connectivity index (χ1) is 18.5. The lowest BCUT2D eigenvalue weighted by Gasteiger charge is -2.42. The van der Waals surface area contributed by atoms with E-state index >= 15 is 0 Å². The van der Waals surface area contributed by atoms with Crippen LogP contribution in [-0.2, 0) is 11.3 Å². The number of amides is 2. The fourth-order valence-corrected chi connectivity index (χ4v) is 4.32. The summed E-state index contributed by atoms with van der Waals surface area (Å²) >= 11 is 5.87. The summed E-state index contributed by atoms with van der Waals surface area (Å²) in [7, 11) is 0. The van der Waals surface area contributed by atoms with Gasteiger partial charge in [0.25, 0.3) is 11.5 Å². The molecular formula is C28H29ClFN5O4. The fraction of sp³-hybridized carbons (Fsp3) is 0.321. The number of oxazole rings is 1. The van der Waals surface area contributed by atoms with Crippen molar-refractivity contribution >= 4 is 34.4 Å². The SMILES string of the molecule is C=CC(=CC=C(C)Cl)CCNC(=O)c1cc2cc(-c3cnc(C)o3)cnc2n(CC(=O)N2CC(C)(F)C2)c1=O. The lowest BCUT2D eigenvalue weighted by atomic mass is 9.99. The molecule has 0 bridgehead atoms. The Morgan fingerprint density at radius 3 is 2.62 bits per heavy atom. The number of rotatable bonds is 9. The van der Waals surface area contributed by atoms with E-state index in [4.69, 9.17) is 16.0 Å². The monoisotopic (exact) mass is 553 g/mol. The Bertz CT molecular complexity index is 1560. The molecule has 11 heteroatoms. The number of fused-ring (bicyclic) bond motifs is 1. The van der Waals surface area contributed by atoms with Gasteiger partial charge in [-0.25, -0.2) is 14.4 Å². The van der Waals surface area contributed by atoms with Crippen molar-refractivity contribution in [3.63, 3.8) is 0 Å². The minimum absolute atomic E-state index is 0.0568. The van der Waals surface area contributed by atoms with Gasteiger partial charge in [0, 0.05) is 35.6 Å². The molecule has 204 valence electrons. The van der Waals surface area contributed by atoms with Crippen LogP contribution in [0.4, 0.5) is 4.39 Å². The van der Waals surface area contributed by atoms with E-state index in [9.17, 15) is 18.8 Å². The zero-order valence-corrected chi connectivity index (χ0v) is 22.7. The summed E-state index contributed by atoms with van der Waals surface area (Å²) in [5, 5.41) is 3.81. The van der Waals surface area contributed by atoms with E-state index in [1.54, 1.807) is 44.3 Å². The first-order valence-electron chi connectivity index (χ1n) is 12.3. The quantitative estimate of drug-likeness (QED) is 0.395. The number of aryl methyl sites for hydroxylation is 1. The van der Waals surface area contributed by atoms with Crippen LogP contribution in [0.5, 0.6) is 0 Å². The van der Waals surface area contributed by atoms with Crippen molar-refractivity contribution in [3.8, 4) is 11.3 Å². The molecule has 1 saturated heterocycles. The predicted molar refractivity (Wildman–Crippen MR) is 147 cm³/mol. The van der Waals surface area contributed by atoms with Crippen LogP contribution in [0.25, 0.3) is 22.4 Å². The molecule has 0 radical (unpaired) electrons. The van der Waals surface area contributed by atoms with Gasteiger partial charge in [-0.1, -0.05) is 30.3 Å². The van der Waals surface area contributed by atoms with E-state index in [0.29, 0.717) is 34.1 Å². The number of halogens is 2. The van der Waals surface area contributed by atoms with Crippen molar-refractivity contribution in [1.29, 1.82) is 0 Å². The summed E-state index contributed by atoms with van der Waals surface area (Å²) in [5.74, 6) is -0.0997. The molecule has 2 amide bonds. The highest BCUT2D eigenvalue weighted by Crippen LogP contribution is 2.26. The van der Waals surface area contributed by atoms with Crippen LogP contribution in [0.1, 0.15) is 36.5 Å². The highest BCUT2D eigenvalue weighted by atomic mass is 35.5.